The molecule has 94 valence electrons. The van der Waals surface area contributed by atoms with E-state index in [2.05, 4.69) is 5.32 Å². The van der Waals surface area contributed by atoms with Crippen LogP contribution in [0.1, 0.15) is 0 Å². The van der Waals surface area contributed by atoms with E-state index in [4.69, 9.17) is 15.6 Å². The van der Waals surface area contributed by atoms with E-state index in [0.717, 1.165) is 0 Å². The second-order valence-corrected chi connectivity index (χ2v) is 3.52. The highest BCUT2D eigenvalue weighted by Crippen LogP contribution is 2.19. The normalized spacial score (nSPS) is 39.4. The van der Waals surface area contributed by atoms with Crippen molar-refractivity contribution in [2.45, 2.75) is 30.6 Å². The second-order valence-electron chi connectivity index (χ2n) is 3.52. The van der Waals surface area contributed by atoms with E-state index in [9.17, 15) is 20.1 Å². The number of hydrogen-bond acceptors (Lipinski definition) is 7. The highest BCUT2D eigenvalue weighted by Gasteiger charge is 2.43. The third-order valence-corrected chi connectivity index (χ3v) is 2.38. The van der Waals surface area contributed by atoms with Gasteiger partial charge in [-0.2, -0.15) is 0 Å². The van der Waals surface area contributed by atoms with Gasteiger partial charge < -0.3 is 36.2 Å². The number of hydrogen-bond donors (Lipinski definition) is 6. The van der Waals surface area contributed by atoms with Crippen LogP contribution in [0.2, 0.25) is 0 Å². The molecule has 0 saturated carbocycles. The summed E-state index contributed by atoms with van der Waals surface area (Å²) in [5.41, 5.74) is 5.05. The van der Waals surface area contributed by atoms with Crippen molar-refractivity contribution >= 4 is 5.91 Å². The molecule has 0 aromatic carbocycles. The number of amides is 1. The van der Waals surface area contributed by atoms with Crippen LogP contribution in [0.4, 0.5) is 0 Å². The van der Waals surface area contributed by atoms with Crippen molar-refractivity contribution in [3.8, 4) is 0 Å². The molecule has 1 saturated heterocycles. The fourth-order valence-corrected chi connectivity index (χ4v) is 1.44. The lowest BCUT2D eigenvalue weighted by Gasteiger charge is -2.40. The van der Waals surface area contributed by atoms with Gasteiger partial charge in [0.25, 0.3) is 0 Å². The van der Waals surface area contributed by atoms with Gasteiger partial charge in [-0.05, 0) is 0 Å². The summed E-state index contributed by atoms with van der Waals surface area (Å²) in [4.78, 5) is 11.0. The molecule has 0 spiro atoms. The van der Waals surface area contributed by atoms with Crippen molar-refractivity contribution in [3.63, 3.8) is 0 Å². The highest BCUT2D eigenvalue weighted by atomic mass is 16.6. The van der Waals surface area contributed by atoms with Crippen LogP contribution in [0.15, 0.2) is 0 Å². The first-order chi connectivity index (χ1) is 7.51. The van der Waals surface area contributed by atoms with Crippen molar-refractivity contribution in [2.75, 3.05) is 13.2 Å². The van der Waals surface area contributed by atoms with E-state index >= 15 is 0 Å². The van der Waals surface area contributed by atoms with Crippen LogP contribution in [0, 0.1) is 0 Å². The lowest BCUT2D eigenvalue weighted by atomic mass is 9.98. The molecule has 0 aromatic heterocycles. The largest absolute Gasteiger partial charge is 0.394 e. The van der Waals surface area contributed by atoms with E-state index in [0.29, 0.717) is 0 Å². The molecular formula is C8H16N2O6. The minimum Gasteiger partial charge on any atom is -0.394 e. The smallest absolute Gasteiger partial charge is 0.235 e. The van der Waals surface area contributed by atoms with E-state index < -0.39 is 43.2 Å². The van der Waals surface area contributed by atoms with Crippen LogP contribution >= 0.6 is 0 Å². The Hall–Kier alpha value is -0.770. The molecule has 0 aromatic rings. The summed E-state index contributed by atoms with van der Waals surface area (Å²) in [6.07, 6.45) is -6.67. The lowest BCUT2D eigenvalue weighted by Crippen LogP contribution is -2.63. The predicted molar refractivity (Wildman–Crippen MR) is 51.0 cm³/mol. The first-order valence-corrected chi connectivity index (χ1v) is 4.81. The maximum Gasteiger partial charge on any atom is 0.235 e. The summed E-state index contributed by atoms with van der Waals surface area (Å²) in [7, 11) is 0. The molecule has 1 amide bonds. The summed E-state index contributed by atoms with van der Waals surface area (Å²) in [5, 5.41) is 39.4. The Kier molecular flexibility index (Phi) is 4.59. The monoisotopic (exact) mass is 236 g/mol. The van der Waals surface area contributed by atoms with Gasteiger partial charge in [0.2, 0.25) is 5.91 Å². The predicted octanol–water partition coefficient (Wildman–Crippen LogP) is -4.14. The van der Waals surface area contributed by atoms with Gasteiger partial charge in [0, 0.05) is 0 Å². The Morgan fingerprint density at radius 3 is 2.38 bits per heavy atom. The van der Waals surface area contributed by atoms with Crippen LogP contribution in [0.25, 0.3) is 0 Å². The maximum atomic E-state index is 11.0. The number of nitrogens with one attached hydrogen (secondary N) is 1. The molecule has 8 nitrogen and oxygen atoms in total. The van der Waals surface area contributed by atoms with Crippen LogP contribution in [-0.4, -0.2) is 70.1 Å². The summed E-state index contributed by atoms with van der Waals surface area (Å²) < 4.78 is 5.01. The number of nitrogens with two attached hydrogens (primary N) is 1. The first kappa shape index (κ1) is 13.3. The molecule has 0 bridgehead atoms. The second kappa shape index (κ2) is 5.53. The fraction of sp³-hybridized carbons (Fsp3) is 0.875. The average molecular weight is 236 g/mol. The minimum atomic E-state index is -1.51. The molecule has 1 fully saturated rings. The summed E-state index contributed by atoms with van der Waals surface area (Å²) in [6.45, 7) is -0.838. The molecular weight excluding hydrogens is 220 g/mol. The van der Waals surface area contributed by atoms with Gasteiger partial charge >= 0.3 is 0 Å². The van der Waals surface area contributed by atoms with Crippen molar-refractivity contribution in [1.82, 2.24) is 5.32 Å². The van der Waals surface area contributed by atoms with Crippen molar-refractivity contribution < 1.29 is 30.0 Å². The Labute approximate surface area is 91.6 Å². The van der Waals surface area contributed by atoms with Gasteiger partial charge in [-0.1, -0.05) is 0 Å². The van der Waals surface area contributed by atoms with Crippen molar-refractivity contribution in [1.29, 1.82) is 0 Å². The van der Waals surface area contributed by atoms with Gasteiger partial charge in [0.05, 0.1) is 13.2 Å². The molecule has 1 aliphatic rings. The molecule has 1 aliphatic heterocycles. The number of ether oxygens (including phenoxy) is 1. The number of rotatable bonds is 3. The Morgan fingerprint density at radius 2 is 1.88 bits per heavy atom. The SMILES string of the molecule is NCC(=O)N[C@@H]1OC(CO)C(O)C(O)C1O. The molecule has 7 N–H and O–H groups in total. The average Bonchev–Trinajstić information content (AvgIpc) is 2.29. The molecule has 0 aliphatic carbocycles. The molecule has 8 heteroatoms. The topological polar surface area (TPSA) is 145 Å². The van der Waals surface area contributed by atoms with E-state index in [1.54, 1.807) is 0 Å². The van der Waals surface area contributed by atoms with Crippen LogP contribution in [0.5, 0.6) is 0 Å². The maximum absolute atomic E-state index is 11.0. The van der Waals surface area contributed by atoms with Crippen molar-refractivity contribution in [2.24, 2.45) is 5.73 Å². The fourth-order valence-electron chi connectivity index (χ4n) is 1.44. The third kappa shape index (κ3) is 2.67. The standard InChI is InChI=1S/C8H16N2O6/c9-1-4(12)10-8-7(15)6(14)5(13)3(2-11)16-8/h3,5-8,11,13-15H,1-2,9H2,(H,10,12)/t3?,5?,6?,7?,8-/m1/s1. The van der Waals surface area contributed by atoms with Gasteiger partial charge in [0.15, 0.2) is 6.23 Å². The molecule has 1 rings (SSSR count). The Bertz CT molecular complexity index is 249. The number of aliphatic hydroxyl groups is 4. The molecule has 16 heavy (non-hydrogen) atoms. The quantitative estimate of drug-likeness (QED) is 0.292. The summed E-state index contributed by atoms with van der Waals surface area (Å²) in [5.74, 6) is -0.579. The Morgan fingerprint density at radius 1 is 1.25 bits per heavy atom. The van der Waals surface area contributed by atoms with Gasteiger partial charge in [0.1, 0.15) is 24.4 Å². The van der Waals surface area contributed by atoms with E-state index in [1.807, 2.05) is 0 Å². The number of carbonyl (C=O) groups is 1. The van der Waals surface area contributed by atoms with Crippen molar-refractivity contribution in [3.05, 3.63) is 0 Å². The zero-order valence-corrected chi connectivity index (χ0v) is 8.48. The summed E-state index contributed by atoms with van der Waals surface area (Å²) in [6, 6.07) is 0. The zero-order chi connectivity index (χ0) is 12.3. The molecule has 0 radical (unpaired) electrons. The molecule has 4 unspecified atom stereocenters. The van der Waals surface area contributed by atoms with Gasteiger partial charge in [-0.15, -0.1) is 0 Å². The van der Waals surface area contributed by atoms with Gasteiger partial charge in [-0.3, -0.25) is 4.79 Å². The first-order valence-electron chi connectivity index (χ1n) is 4.81. The molecule has 1 heterocycles. The highest BCUT2D eigenvalue weighted by molar-refractivity contribution is 5.77. The molecule has 5 atom stereocenters. The minimum absolute atomic E-state index is 0.297. The zero-order valence-electron chi connectivity index (χ0n) is 8.48. The van der Waals surface area contributed by atoms with E-state index in [1.165, 1.54) is 0 Å². The van der Waals surface area contributed by atoms with Gasteiger partial charge in [-0.25, -0.2) is 0 Å². The van der Waals surface area contributed by atoms with E-state index in [-0.39, 0.29) is 6.54 Å². The third-order valence-electron chi connectivity index (χ3n) is 2.38. The number of carbonyl (C=O) groups excluding carboxylic acids is 1. The number of aliphatic hydroxyl groups excluding tert-OH is 4. The Balaban J connectivity index is 2.67. The van der Waals surface area contributed by atoms with Crippen LogP contribution in [-0.2, 0) is 9.53 Å². The lowest BCUT2D eigenvalue weighted by molar-refractivity contribution is -0.235. The van der Waals surface area contributed by atoms with Crippen LogP contribution in [0.3, 0.4) is 0 Å². The van der Waals surface area contributed by atoms with Crippen LogP contribution < -0.4 is 11.1 Å². The summed E-state index contributed by atoms with van der Waals surface area (Å²) >= 11 is 0.